The zero-order valence-corrected chi connectivity index (χ0v) is 16.7. The zero-order valence-electron chi connectivity index (χ0n) is 13.7. The van der Waals surface area contributed by atoms with E-state index in [-0.39, 0.29) is 4.90 Å². The summed E-state index contributed by atoms with van der Waals surface area (Å²) >= 11 is 2.05. The van der Waals surface area contributed by atoms with E-state index < -0.39 is 10.0 Å². The first-order valence-corrected chi connectivity index (χ1v) is 10.3. The van der Waals surface area contributed by atoms with Crippen molar-refractivity contribution in [3.05, 3.63) is 46.0 Å². The molecule has 1 N–H and O–H groups in total. The topological polar surface area (TPSA) is 67.9 Å². The Balaban J connectivity index is 1.75. The van der Waals surface area contributed by atoms with E-state index in [9.17, 15) is 8.42 Å². The second-order valence-electron chi connectivity index (χ2n) is 5.55. The van der Waals surface area contributed by atoms with Crippen LogP contribution in [0.4, 0.5) is 11.4 Å². The molecule has 1 aliphatic heterocycles. The highest BCUT2D eigenvalue weighted by atomic mass is 127. The Bertz CT molecular complexity index is 834. The molecule has 0 saturated carbocycles. The monoisotopic (exact) mass is 474 g/mol. The van der Waals surface area contributed by atoms with E-state index in [1.807, 2.05) is 12.1 Å². The summed E-state index contributed by atoms with van der Waals surface area (Å²) in [4.78, 5) is 2.42. The lowest BCUT2D eigenvalue weighted by Crippen LogP contribution is -2.36. The molecular formula is C17H19IN2O4S. The van der Waals surface area contributed by atoms with Gasteiger partial charge in [-0.2, -0.15) is 0 Å². The molecule has 0 aromatic heterocycles. The molecule has 2 aromatic rings. The number of sulfonamides is 1. The summed E-state index contributed by atoms with van der Waals surface area (Å²) in [5.74, 6) is 0.648. The lowest BCUT2D eigenvalue weighted by Gasteiger charge is -2.28. The summed E-state index contributed by atoms with van der Waals surface area (Å²) in [6.07, 6.45) is 0. The zero-order chi connectivity index (χ0) is 17.9. The molecule has 0 atom stereocenters. The summed E-state index contributed by atoms with van der Waals surface area (Å²) in [6, 6.07) is 12.2. The van der Waals surface area contributed by atoms with Crippen molar-refractivity contribution in [1.29, 1.82) is 0 Å². The van der Waals surface area contributed by atoms with Gasteiger partial charge in [0.2, 0.25) is 0 Å². The molecule has 1 saturated heterocycles. The number of hydrogen-bond acceptors (Lipinski definition) is 5. The van der Waals surface area contributed by atoms with E-state index in [0.717, 1.165) is 22.3 Å². The van der Waals surface area contributed by atoms with E-state index in [1.165, 1.54) is 6.07 Å². The summed E-state index contributed by atoms with van der Waals surface area (Å²) in [5.41, 5.74) is 1.59. The number of benzene rings is 2. The average molecular weight is 474 g/mol. The van der Waals surface area contributed by atoms with Crippen molar-refractivity contribution in [2.24, 2.45) is 0 Å². The van der Waals surface area contributed by atoms with E-state index in [4.69, 9.17) is 9.47 Å². The van der Waals surface area contributed by atoms with E-state index >= 15 is 0 Å². The van der Waals surface area contributed by atoms with E-state index in [2.05, 4.69) is 32.2 Å². The molecule has 2 aromatic carbocycles. The van der Waals surface area contributed by atoms with Gasteiger partial charge in [0.25, 0.3) is 10.0 Å². The first kappa shape index (κ1) is 18.3. The fraction of sp³-hybridized carbons (Fsp3) is 0.294. The highest BCUT2D eigenvalue weighted by molar-refractivity contribution is 14.1. The van der Waals surface area contributed by atoms with Crippen LogP contribution < -0.4 is 14.4 Å². The minimum Gasteiger partial charge on any atom is -0.496 e. The van der Waals surface area contributed by atoms with Gasteiger partial charge in [0.1, 0.15) is 5.75 Å². The Morgan fingerprint density at radius 1 is 1.12 bits per heavy atom. The van der Waals surface area contributed by atoms with E-state index in [1.54, 1.807) is 31.4 Å². The van der Waals surface area contributed by atoms with Crippen LogP contribution in [0, 0.1) is 3.57 Å². The lowest BCUT2D eigenvalue weighted by atomic mass is 10.2. The van der Waals surface area contributed by atoms with Crippen LogP contribution >= 0.6 is 22.6 Å². The predicted molar refractivity (Wildman–Crippen MR) is 106 cm³/mol. The van der Waals surface area contributed by atoms with Gasteiger partial charge < -0.3 is 14.4 Å². The van der Waals surface area contributed by atoms with Gasteiger partial charge >= 0.3 is 0 Å². The van der Waals surface area contributed by atoms with Crippen molar-refractivity contribution < 1.29 is 17.9 Å². The highest BCUT2D eigenvalue weighted by Crippen LogP contribution is 2.26. The predicted octanol–water partition coefficient (Wildman–Crippen LogP) is 2.94. The van der Waals surface area contributed by atoms with Crippen LogP contribution in [0.3, 0.4) is 0 Å². The maximum atomic E-state index is 12.6. The minimum absolute atomic E-state index is 0.204. The number of nitrogens with zero attached hydrogens (tertiary/aromatic N) is 1. The Hall–Kier alpha value is -1.52. The third-order valence-corrected chi connectivity index (χ3v) is 6.15. The molecule has 0 spiro atoms. The smallest absolute Gasteiger partial charge is 0.261 e. The van der Waals surface area contributed by atoms with Gasteiger partial charge in [0.05, 0.1) is 28.8 Å². The Kier molecular flexibility index (Phi) is 5.70. The molecule has 25 heavy (non-hydrogen) atoms. The number of morpholine rings is 1. The van der Waals surface area contributed by atoms with Gasteiger partial charge in [-0.25, -0.2) is 8.42 Å². The Morgan fingerprint density at radius 2 is 1.80 bits per heavy atom. The third kappa shape index (κ3) is 4.36. The van der Waals surface area contributed by atoms with Gasteiger partial charge in [0.15, 0.2) is 0 Å². The first-order valence-electron chi connectivity index (χ1n) is 7.79. The van der Waals surface area contributed by atoms with Crippen LogP contribution in [-0.4, -0.2) is 41.8 Å². The quantitative estimate of drug-likeness (QED) is 0.676. The van der Waals surface area contributed by atoms with Crippen LogP contribution in [0.25, 0.3) is 0 Å². The van der Waals surface area contributed by atoms with Gasteiger partial charge in [-0.3, -0.25) is 4.72 Å². The normalized spacial score (nSPS) is 15.0. The molecule has 0 unspecified atom stereocenters. The van der Waals surface area contributed by atoms with Gasteiger partial charge in [0, 0.05) is 24.5 Å². The number of anilines is 2. The first-order chi connectivity index (χ1) is 12.0. The van der Waals surface area contributed by atoms with Crippen molar-refractivity contribution in [3.8, 4) is 5.75 Å². The number of halogens is 1. The van der Waals surface area contributed by atoms with Crippen LogP contribution in [0.1, 0.15) is 0 Å². The van der Waals surface area contributed by atoms with Crippen LogP contribution in [0.5, 0.6) is 5.75 Å². The summed E-state index contributed by atoms with van der Waals surface area (Å²) in [7, 11) is -2.09. The molecule has 1 aliphatic rings. The molecular weight excluding hydrogens is 455 g/mol. The fourth-order valence-corrected chi connectivity index (χ4v) is 4.62. The van der Waals surface area contributed by atoms with Crippen LogP contribution in [0.2, 0.25) is 0 Å². The number of ether oxygens (including phenoxy) is 2. The van der Waals surface area contributed by atoms with Crippen LogP contribution in [-0.2, 0) is 14.8 Å². The Morgan fingerprint density at radius 3 is 2.40 bits per heavy atom. The number of rotatable bonds is 5. The molecule has 0 amide bonds. The Labute approximate surface area is 161 Å². The summed E-state index contributed by atoms with van der Waals surface area (Å²) < 4.78 is 39.0. The van der Waals surface area contributed by atoms with Crippen molar-refractivity contribution in [1.82, 2.24) is 0 Å². The van der Waals surface area contributed by atoms with Crippen LogP contribution in [0.15, 0.2) is 47.4 Å². The lowest BCUT2D eigenvalue weighted by molar-refractivity contribution is 0.122. The molecule has 3 rings (SSSR count). The van der Waals surface area contributed by atoms with Crippen molar-refractivity contribution >= 4 is 44.0 Å². The number of methoxy groups -OCH3 is 1. The van der Waals surface area contributed by atoms with Gasteiger partial charge in [-0.05, 0) is 65.1 Å². The molecule has 6 nitrogen and oxygen atoms in total. The van der Waals surface area contributed by atoms with E-state index in [0.29, 0.717) is 24.7 Å². The maximum Gasteiger partial charge on any atom is 0.261 e. The van der Waals surface area contributed by atoms with Crippen molar-refractivity contribution in [2.75, 3.05) is 43.0 Å². The minimum atomic E-state index is -3.64. The second kappa shape index (κ2) is 7.79. The van der Waals surface area contributed by atoms with Gasteiger partial charge in [-0.1, -0.05) is 0 Å². The third-order valence-electron chi connectivity index (χ3n) is 3.93. The molecule has 0 radical (unpaired) electrons. The average Bonchev–Trinajstić information content (AvgIpc) is 2.62. The standard InChI is InChI=1S/C17H19IN2O4S/c1-23-17-7-6-15(12-16(17)18)25(21,22)19-13-2-4-14(5-3-13)20-8-10-24-11-9-20/h2-7,12,19H,8-11H2,1H3. The number of nitrogens with one attached hydrogen (secondary N) is 1. The number of hydrogen-bond donors (Lipinski definition) is 1. The molecule has 1 heterocycles. The second-order valence-corrected chi connectivity index (χ2v) is 8.39. The molecule has 134 valence electrons. The summed E-state index contributed by atoms with van der Waals surface area (Å²) in [5, 5.41) is 0. The molecule has 0 bridgehead atoms. The van der Waals surface area contributed by atoms with Crippen molar-refractivity contribution in [2.45, 2.75) is 4.90 Å². The largest absolute Gasteiger partial charge is 0.496 e. The molecule has 0 aliphatic carbocycles. The SMILES string of the molecule is COc1ccc(S(=O)(=O)Nc2ccc(N3CCOCC3)cc2)cc1I. The maximum absolute atomic E-state index is 12.6. The van der Waals surface area contributed by atoms with Crippen molar-refractivity contribution in [3.63, 3.8) is 0 Å². The fourth-order valence-electron chi connectivity index (χ4n) is 2.59. The molecule has 8 heteroatoms. The van der Waals surface area contributed by atoms with Gasteiger partial charge in [-0.15, -0.1) is 0 Å². The highest BCUT2D eigenvalue weighted by Gasteiger charge is 2.17. The molecule has 1 fully saturated rings. The summed E-state index contributed by atoms with van der Waals surface area (Å²) in [6.45, 7) is 3.11.